The topological polar surface area (TPSA) is 55.4 Å². The smallest absolute Gasteiger partial charge is 0.267 e. The van der Waals surface area contributed by atoms with Gasteiger partial charge in [-0.1, -0.05) is 12.2 Å². The minimum atomic E-state index is -0.562. The second-order valence-electron chi connectivity index (χ2n) is 1.60. The molecule has 2 N–H and O–H groups in total. The molecule has 0 aliphatic rings. The van der Waals surface area contributed by atoms with Gasteiger partial charge in [0, 0.05) is 0 Å². The monoisotopic (exact) mass is 138 g/mol. The van der Waals surface area contributed by atoms with E-state index in [0.29, 0.717) is 0 Å². The van der Waals surface area contributed by atoms with E-state index in [1.807, 2.05) is 6.92 Å². The number of carbonyl (C=O) groups is 1. The van der Waals surface area contributed by atoms with Crippen LogP contribution in [0.15, 0.2) is 28.9 Å². The zero-order chi connectivity index (χ0) is 7.98. The lowest BCUT2D eigenvalue weighted by molar-refractivity contribution is -0.114. The zero-order valence-corrected chi connectivity index (χ0v) is 5.87. The molecule has 54 valence electrons. The first-order valence-corrected chi connectivity index (χ1v) is 2.82. The van der Waals surface area contributed by atoms with Crippen LogP contribution in [0.4, 0.5) is 0 Å². The molecule has 0 aromatic heterocycles. The van der Waals surface area contributed by atoms with E-state index in [1.165, 1.54) is 6.08 Å². The lowest BCUT2D eigenvalue weighted by Gasteiger charge is -1.88. The molecule has 0 radical (unpaired) electrons. The largest absolute Gasteiger partial charge is 0.364 e. The van der Waals surface area contributed by atoms with E-state index in [0.717, 1.165) is 0 Å². The highest BCUT2D eigenvalue weighted by molar-refractivity contribution is 5.92. The van der Waals surface area contributed by atoms with Gasteiger partial charge in [0.2, 0.25) is 0 Å². The second-order valence-corrected chi connectivity index (χ2v) is 1.60. The summed E-state index contributed by atoms with van der Waals surface area (Å²) in [6.45, 7) is 5.01. The highest BCUT2D eigenvalue weighted by Gasteiger charge is 1.96. The van der Waals surface area contributed by atoms with Crippen LogP contribution in [-0.2, 0) is 4.79 Å². The summed E-state index contributed by atoms with van der Waals surface area (Å²) in [5.74, 6) is -0.562. The number of primary amides is 1. The maximum absolute atomic E-state index is 10.4. The number of aliphatic imine (C=N–C) groups is 1. The highest BCUT2D eigenvalue weighted by Crippen LogP contribution is 1.93. The van der Waals surface area contributed by atoms with Crippen LogP contribution in [0, 0.1) is 0 Å². The van der Waals surface area contributed by atoms with E-state index in [1.54, 1.807) is 12.2 Å². The molecular formula is C7H10N2O. The third kappa shape index (κ3) is 2.81. The number of rotatable bonds is 3. The molecule has 0 aromatic rings. The van der Waals surface area contributed by atoms with Crippen LogP contribution in [0.25, 0.3) is 0 Å². The molecule has 0 spiro atoms. The maximum atomic E-state index is 10.4. The Morgan fingerprint density at radius 3 is 2.60 bits per heavy atom. The van der Waals surface area contributed by atoms with Crippen molar-refractivity contribution in [3.05, 3.63) is 23.9 Å². The van der Waals surface area contributed by atoms with Crippen molar-refractivity contribution in [2.75, 3.05) is 0 Å². The molecule has 3 heteroatoms. The Morgan fingerprint density at radius 2 is 2.30 bits per heavy atom. The van der Waals surface area contributed by atoms with Gasteiger partial charge in [-0.05, 0) is 19.7 Å². The summed E-state index contributed by atoms with van der Waals surface area (Å²) in [6, 6.07) is 0. The van der Waals surface area contributed by atoms with Crippen molar-refractivity contribution < 1.29 is 4.79 Å². The molecule has 1 amide bonds. The molecule has 0 atom stereocenters. The summed E-state index contributed by atoms with van der Waals surface area (Å²) in [6.07, 6.45) is 4.96. The van der Waals surface area contributed by atoms with Crippen LogP contribution < -0.4 is 5.73 Å². The Hall–Kier alpha value is -1.38. The summed E-state index contributed by atoms with van der Waals surface area (Å²) >= 11 is 0. The average molecular weight is 138 g/mol. The Labute approximate surface area is 59.9 Å². The van der Waals surface area contributed by atoms with E-state index >= 15 is 0 Å². The van der Waals surface area contributed by atoms with Gasteiger partial charge in [-0.25, -0.2) is 0 Å². The number of hydrogen-bond donors (Lipinski definition) is 1. The fraction of sp³-hybridized carbons (Fsp3) is 0.143. The lowest BCUT2D eigenvalue weighted by Crippen LogP contribution is -2.11. The number of amides is 1. The first kappa shape index (κ1) is 8.62. The van der Waals surface area contributed by atoms with E-state index in [2.05, 4.69) is 11.7 Å². The summed E-state index contributed by atoms with van der Waals surface area (Å²) in [5.41, 5.74) is 5.09. The van der Waals surface area contributed by atoms with Gasteiger partial charge < -0.3 is 5.73 Å². The standard InChI is InChI=1S/C7H10N2O/c1-3-4-5-6(9-2)7(8)10/h3-5H,2H2,1H3,(H2,8,10)/b4-3-,6-5-. The first-order valence-electron chi connectivity index (χ1n) is 2.82. The van der Waals surface area contributed by atoms with Crippen LogP contribution in [0.3, 0.4) is 0 Å². The summed E-state index contributed by atoms with van der Waals surface area (Å²) < 4.78 is 0. The van der Waals surface area contributed by atoms with Gasteiger partial charge in [0.25, 0.3) is 5.91 Å². The number of hydrogen-bond acceptors (Lipinski definition) is 2. The summed E-state index contributed by atoms with van der Waals surface area (Å²) in [7, 11) is 0. The van der Waals surface area contributed by atoms with Crippen LogP contribution in [0.1, 0.15) is 6.92 Å². The van der Waals surface area contributed by atoms with Gasteiger partial charge in [-0.2, -0.15) is 0 Å². The number of allylic oxidation sites excluding steroid dienone is 3. The zero-order valence-electron chi connectivity index (χ0n) is 5.87. The molecule has 0 aliphatic heterocycles. The van der Waals surface area contributed by atoms with Gasteiger partial charge in [0.15, 0.2) is 0 Å². The quantitative estimate of drug-likeness (QED) is 0.347. The van der Waals surface area contributed by atoms with Crippen molar-refractivity contribution >= 4 is 12.6 Å². The molecule has 0 saturated heterocycles. The maximum Gasteiger partial charge on any atom is 0.267 e. The molecule has 0 rings (SSSR count). The molecular weight excluding hydrogens is 128 g/mol. The van der Waals surface area contributed by atoms with Crippen molar-refractivity contribution in [1.29, 1.82) is 0 Å². The van der Waals surface area contributed by atoms with Crippen LogP contribution >= 0.6 is 0 Å². The SMILES string of the molecule is C=N/C(=C\C=C/C)C(N)=O. The molecule has 10 heavy (non-hydrogen) atoms. The molecule has 0 saturated carbocycles. The molecule has 0 bridgehead atoms. The highest BCUT2D eigenvalue weighted by atomic mass is 16.1. The number of carbonyl (C=O) groups excluding carboxylic acids is 1. The Balaban J connectivity index is 4.33. The summed E-state index contributed by atoms with van der Waals surface area (Å²) in [5, 5.41) is 0. The summed E-state index contributed by atoms with van der Waals surface area (Å²) in [4.78, 5) is 13.8. The Bertz CT molecular complexity index is 192. The lowest BCUT2D eigenvalue weighted by atomic mass is 10.3. The van der Waals surface area contributed by atoms with E-state index in [4.69, 9.17) is 5.73 Å². The number of nitrogens with zero attached hydrogens (tertiary/aromatic N) is 1. The van der Waals surface area contributed by atoms with Crippen LogP contribution in [0.5, 0.6) is 0 Å². The van der Waals surface area contributed by atoms with E-state index < -0.39 is 5.91 Å². The average Bonchev–Trinajstić information content (AvgIpc) is 1.89. The fourth-order valence-electron chi connectivity index (χ4n) is 0.400. The van der Waals surface area contributed by atoms with Gasteiger partial charge in [0.05, 0.1) is 0 Å². The fourth-order valence-corrected chi connectivity index (χ4v) is 0.400. The van der Waals surface area contributed by atoms with Gasteiger partial charge in [-0.15, -0.1) is 0 Å². The number of nitrogens with two attached hydrogens (primary N) is 1. The second kappa shape index (κ2) is 4.49. The predicted molar refractivity (Wildman–Crippen MR) is 41.6 cm³/mol. The normalized spacial score (nSPS) is 11.9. The molecule has 0 heterocycles. The molecule has 0 aliphatic carbocycles. The van der Waals surface area contributed by atoms with Crippen molar-refractivity contribution in [3.63, 3.8) is 0 Å². The third-order valence-electron chi connectivity index (χ3n) is 0.869. The van der Waals surface area contributed by atoms with Crippen LogP contribution in [-0.4, -0.2) is 12.6 Å². The van der Waals surface area contributed by atoms with Gasteiger partial charge in [-0.3, -0.25) is 9.79 Å². The predicted octanol–water partition coefficient (Wildman–Crippen LogP) is 0.632. The van der Waals surface area contributed by atoms with Crippen molar-refractivity contribution in [3.8, 4) is 0 Å². The third-order valence-corrected chi connectivity index (χ3v) is 0.869. The molecule has 0 unspecified atom stereocenters. The Kier molecular flexibility index (Phi) is 3.87. The van der Waals surface area contributed by atoms with Crippen molar-refractivity contribution in [2.45, 2.75) is 6.92 Å². The van der Waals surface area contributed by atoms with E-state index in [-0.39, 0.29) is 5.70 Å². The minimum absolute atomic E-state index is 0.179. The molecule has 3 nitrogen and oxygen atoms in total. The van der Waals surface area contributed by atoms with Gasteiger partial charge in [0.1, 0.15) is 5.70 Å². The first-order chi connectivity index (χ1) is 4.72. The van der Waals surface area contributed by atoms with Crippen molar-refractivity contribution in [2.24, 2.45) is 10.7 Å². The minimum Gasteiger partial charge on any atom is -0.364 e. The molecule has 0 fully saturated rings. The van der Waals surface area contributed by atoms with Crippen molar-refractivity contribution in [1.82, 2.24) is 0 Å². The van der Waals surface area contributed by atoms with Crippen LogP contribution in [0.2, 0.25) is 0 Å². The Morgan fingerprint density at radius 1 is 1.70 bits per heavy atom. The molecule has 0 aromatic carbocycles. The van der Waals surface area contributed by atoms with Gasteiger partial charge >= 0.3 is 0 Å². The van der Waals surface area contributed by atoms with E-state index in [9.17, 15) is 4.79 Å².